The van der Waals surface area contributed by atoms with Gasteiger partial charge in [0.15, 0.2) is 6.10 Å². The van der Waals surface area contributed by atoms with E-state index < -0.39 is 17.8 Å². The molecular formula is C24H23Cl3FNO3S. The topological polar surface area (TPSA) is 72.6 Å². The van der Waals surface area contributed by atoms with E-state index in [2.05, 4.69) is 0 Å². The number of aromatic hydroxyl groups is 1. The number of benzene rings is 3. The molecule has 0 aliphatic rings. The molecule has 33 heavy (non-hydrogen) atoms. The Bertz CT molecular complexity index is 1120. The molecule has 1 unspecified atom stereocenters. The zero-order valence-electron chi connectivity index (χ0n) is 18.2. The molecule has 0 aromatic heterocycles. The second kappa shape index (κ2) is 12.4. The van der Waals surface area contributed by atoms with Gasteiger partial charge in [0, 0.05) is 22.0 Å². The van der Waals surface area contributed by atoms with Gasteiger partial charge in [0.05, 0.1) is 5.02 Å². The molecule has 176 valence electrons. The number of rotatable bonds is 6. The Morgan fingerprint density at radius 3 is 2.21 bits per heavy atom. The molecule has 1 atom stereocenters. The summed E-state index contributed by atoms with van der Waals surface area (Å²) in [7, 11) is 0. The minimum atomic E-state index is -0.829. The monoisotopic (exact) mass is 529 g/mol. The number of thioether (sulfide) groups is 1. The van der Waals surface area contributed by atoms with Gasteiger partial charge in [-0.25, -0.2) is 4.39 Å². The molecule has 3 rings (SSSR count). The molecule has 0 saturated carbocycles. The zero-order chi connectivity index (χ0) is 24.7. The Morgan fingerprint density at radius 2 is 1.67 bits per heavy atom. The quantitative estimate of drug-likeness (QED) is 0.360. The molecule has 0 aliphatic carbocycles. The molecule has 0 radical (unpaired) electrons. The Morgan fingerprint density at radius 1 is 1.06 bits per heavy atom. The van der Waals surface area contributed by atoms with E-state index in [1.165, 1.54) is 31.2 Å². The highest BCUT2D eigenvalue weighted by Crippen LogP contribution is 2.36. The van der Waals surface area contributed by atoms with Crippen LogP contribution < -0.4 is 10.5 Å². The van der Waals surface area contributed by atoms with Crippen molar-refractivity contribution in [2.24, 2.45) is 5.73 Å². The molecule has 0 saturated heterocycles. The first-order chi connectivity index (χ1) is 15.6. The summed E-state index contributed by atoms with van der Waals surface area (Å²) >= 11 is 20.4. The van der Waals surface area contributed by atoms with Crippen LogP contribution in [0, 0.1) is 5.82 Å². The van der Waals surface area contributed by atoms with E-state index in [4.69, 9.17) is 45.3 Å². The van der Waals surface area contributed by atoms with Crippen molar-refractivity contribution in [1.82, 2.24) is 0 Å². The standard InChI is InChI=1S/C22H17Cl3FNO3.C2H6S/c1-11(22(27)29)30-14-9-17(23)16(18(24)10-14)7-12-2-5-21(28)15(6-12)13-3-4-20(26)19(25)8-13;1-3-2/h2-6,8-11,28H,7H2,1H3,(H2,27,29);1-2H3. The number of phenols is 1. The summed E-state index contributed by atoms with van der Waals surface area (Å²) in [5.74, 6) is -0.790. The van der Waals surface area contributed by atoms with Crippen molar-refractivity contribution in [3.05, 3.63) is 80.5 Å². The summed E-state index contributed by atoms with van der Waals surface area (Å²) in [6.07, 6.45) is 3.62. The largest absolute Gasteiger partial charge is 0.507 e. The maximum atomic E-state index is 13.5. The number of amides is 1. The molecule has 4 nitrogen and oxygen atoms in total. The third kappa shape index (κ3) is 7.44. The van der Waals surface area contributed by atoms with Gasteiger partial charge in [-0.3, -0.25) is 4.79 Å². The predicted molar refractivity (Wildman–Crippen MR) is 137 cm³/mol. The molecule has 1 amide bonds. The van der Waals surface area contributed by atoms with Gasteiger partial charge in [0.25, 0.3) is 5.91 Å². The lowest BCUT2D eigenvalue weighted by atomic mass is 9.98. The lowest BCUT2D eigenvalue weighted by Crippen LogP contribution is -2.30. The third-order valence-electron chi connectivity index (χ3n) is 4.50. The van der Waals surface area contributed by atoms with Crippen LogP contribution in [0.3, 0.4) is 0 Å². The smallest absolute Gasteiger partial charge is 0.258 e. The maximum Gasteiger partial charge on any atom is 0.258 e. The van der Waals surface area contributed by atoms with Crippen LogP contribution >= 0.6 is 46.6 Å². The molecule has 0 spiro atoms. The number of halogens is 4. The van der Waals surface area contributed by atoms with E-state index in [1.807, 2.05) is 12.5 Å². The molecular weight excluding hydrogens is 508 g/mol. The Hall–Kier alpha value is -2.12. The fourth-order valence-corrected chi connectivity index (χ4v) is 3.65. The van der Waals surface area contributed by atoms with Gasteiger partial charge in [-0.2, -0.15) is 11.8 Å². The maximum absolute atomic E-state index is 13.5. The number of carbonyl (C=O) groups is 1. The summed E-state index contributed by atoms with van der Waals surface area (Å²) in [4.78, 5) is 11.2. The Kier molecular flexibility index (Phi) is 10.2. The molecule has 3 aromatic rings. The van der Waals surface area contributed by atoms with Crippen LogP contribution in [0.25, 0.3) is 11.1 Å². The molecule has 9 heteroatoms. The third-order valence-corrected chi connectivity index (χ3v) is 5.46. The molecule has 3 aromatic carbocycles. The summed E-state index contributed by atoms with van der Waals surface area (Å²) in [5.41, 5.74) is 7.73. The van der Waals surface area contributed by atoms with Gasteiger partial charge in [0.1, 0.15) is 17.3 Å². The predicted octanol–water partition coefficient (Wildman–Crippen LogP) is 6.98. The van der Waals surface area contributed by atoms with Gasteiger partial charge in [-0.05, 0) is 72.5 Å². The van der Waals surface area contributed by atoms with E-state index in [1.54, 1.807) is 36.0 Å². The number of phenolic OH excluding ortho intramolecular Hbond substituents is 1. The first kappa shape index (κ1) is 27.1. The molecule has 0 heterocycles. The molecule has 0 fully saturated rings. The van der Waals surface area contributed by atoms with Crippen LogP contribution in [0.15, 0.2) is 48.5 Å². The highest BCUT2D eigenvalue weighted by molar-refractivity contribution is 7.97. The summed E-state index contributed by atoms with van der Waals surface area (Å²) in [6.45, 7) is 1.53. The first-order valence-corrected chi connectivity index (χ1v) is 12.4. The summed E-state index contributed by atoms with van der Waals surface area (Å²) < 4.78 is 18.9. The summed E-state index contributed by atoms with van der Waals surface area (Å²) in [6, 6.07) is 12.4. The van der Waals surface area contributed by atoms with E-state index in [0.29, 0.717) is 38.9 Å². The molecule has 0 bridgehead atoms. The van der Waals surface area contributed by atoms with E-state index in [-0.39, 0.29) is 10.8 Å². The van der Waals surface area contributed by atoms with Crippen molar-refractivity contribution in [3.8, 4) is 22.6 Å². The van der Waals surface area contributed by atoms with Crippen LogP contribution in [0.2, 0.25) is 15.1 Å². The van der Waals surface area contributed by atoms with Crippen molar-refractivity contribution in [2.75, 3.05) is 12.5 Å². The normalized spacial score (nSPS) is 11.4. The van der Waals surface area contributed by atoms with Crippen LogP contribution in [0.4, 0.5) is 4.39 Å². The first-order valence-electron chi connectivity index (χ1n) is 9.68. The number of hydrogen-bond acceptors (Lipinski definition) is 4. The number of ether oxygens (including phenoxy) is 1. The average molecular weight is 531 g/mol. The number of primary amides is 1. The van der Waals surface area contributed by atoms with Gasteiger partial charge in [0.2, 0.25) is 0 Å². The van der Waals surface area contributed by atoms with Gasteiger partial charge < -0.3 is 15.6 Å². The minimum Gasteiger partial charge on any atom is -0.507 e. The zero-order valence-corrected chi connectivity index (χ0v) is 21.2. The highest BCUT2D eigenvalue weighted by Gasteiger charge is 2.16. The van der Waals surface area contributed by atoms with Crippen molar-refractivity contribution in [3.63, 3.8) is 0 Å². The second-order valence-corrected chi connectivity index (χ2v) is 9.13. The van der Waals surface area contributed by atoms with E-state index >= 15 is 0 Å². The van der Waals surface area contributed by atoms with Crippen molar-refractivity contribution < 1.29 is 19.0 Å². The van der Waals surface area contributed by atoms with Crippen LogP contribution in [-0.4, -0.2) is 29.6 Å². The Labute approximate surface area is 211 Å². The minimum absolute atomic E-state index is 0.0304. The molecule has 3 N–H and O–H groups in total. The summed E-state index contributed by atoms with van der Waals surface area (Å²) in [5, 5.41) is 10.9. The van der Waals surface area contributed by atoms with Gasteiger partial charge >= 0.3 is 0 Å². The van der Waals surface area contributed by atoms with Gasteiger partial charge in [-0.1, -0.05) is 46.9 Å². The van der Waals surface area contributed by atoms with Crippen LogP contribution in [0.1, 0.15) is 18.1 Å². The van der Waals surface area contributed by atoms with Gasteiger partial charge in [-0.15, -0.1) is 0 Å². The second-order valence-electron chi connectivity index (χ2n) is 7.09. The number of carbonyl (C=O) groups excluding carboxylic acids is 1. The van der Waals surface area contributed by atoms with E-state index in [0.717, 1.165) is 5.56 Å². The average Bonchev–Trinajstić information content (AvgIpc) is 2.74. The van der Waals surface area contributed by atoms with Crippen LogP contribution in [-0.2, 0) is 11.2 Å². The van der Waals surface area contributed by atoms with Crippen molar-refractivity contribution >= 4 is 52.5 Å². The number of hydrogen-bond donors (Lipinski definition) is 2. The van der Waals surface area contributed by atoms with Crippen LogP contribution in [0.5, 0.6) is 11.5 Å². The lowest BCUT2D eigenvalue weighted by molar-refractivity contribution is -0.123. The fourth-order valence-electron chi connectivity index (χ4n) is 2.87. The highest BCUT2D eigenvalue weighted by atomic mass is 35.5. The number of nitrogens with two attached hydrogens (primary N) is 1. The fraction of sp³-hybridized carbons (Fsp3) is 0.208. The van der Waals surface area contributed by atoms with Crippen molar-refractivity contribution in [2.45, 2.75) is 19.4 Å². The SMILES string of the molecule is CC(Oc1cc(Cl)c(Cc2ccc(O)c(-c3ccc(F)c(Cl)c3)c2)c(Cl)c1)C(N)=O.CSC. The van der Waals surface area contributed by atoms with Crippen molar-refractivity contribution in [1.29, 1.82) is 0 Å². The Balaban J connectivity index is 0.00000122. The molecule has 0 aliphatic heterocycles. The lowest BCUT2D eigenvalue weighted by Gasteiger charge is -2.15. The van der Waals surface area contributed by atoms with E-state index in [9.17, 15) is 14.3 Å².